The first-order valence-corrected chi connectivity index (χ1v) is 5.76. The van der Waals surface area contributed by atoms with Crippen LogP contribution >= 0.6 is 0 Å². The molecule has 7 heteroatoms. The lowest BCUT2D eigenvalue weighted by atomic mass is 9.95. The van der Waals surface area contributed by atoms with Crippen molar-refractivity contribution in [2.75, 3.05) is 13.2 Å². The van der Waals surface area contributed by atoms with Crippen LogP contribution in [0.25, 0.3) is 0 Å². The predicted molar refractivity (Wildman–Crippen MR) is 58.3 cm³/mol. The molecular weight excluding hydrogens is 244 g/mol. The van der Waals surface area contributed by atoms with Crippen molar-refractivity contribution in [1.82, 2.24) is 0 Å². The van der Waals surface area contributed by atoms with E-state index in [2.05, 4.69) is 0 Å². The number of hydrogen-bond donors (Lipinski definition) is 2. The second-order valence-electron chi connectivity index (χ2n) is 4.03. The predicted octanol–water partition coefficient (Wildman–Crippen LogP) is -0.803. The van der Waals surface area contributed by atoms with Crippen LogP contribution in [-0.4, -0.2) is 53.9 Å². The largest absolute Gasteiger partial charge is 0.466 e. The van der Waals surface area contributed by atoms with Gasteiger partial charge in [0.2, 0.25) is 0 Å². The molecule has 104 valence electrons. The SMILES string of the molecule is CCOC(=O)C[C@@H]1[C@@H](COC(C)=O)OC(O)[C@@H]1O. The number of hydrogen-bond acceptors (Lipinski definition) is 7. The van der Waals surface area contributed by atoms with Gasteiger partial charge in [-0.1, -0.05) is 0 Å². The summed E-state index contributed by atoms with van der Waals surface area (Å²) in [5.41, 5.74) is 0. The minimum Gasteiger partial charge on any atom is -0.466 e. The van der Waals surface area contributed by atoms with E-state index in [0.717, 1.165) is 0 Å². The topological polar surface area (TPSA) is 102 Å². The van der Waals surface area contributed by atoms with Crippen molar-refractivity contribution >= 4 is 11.9 Å². The van der Waals surface area contributed by atoms with Gasteiger partial charge in [-0.15, -0.1) is 0 Å². The molecule has 0 aromatic rings. The fraction of sp³-hybridized carbons (Fsp3) is 0.818. The Balaban J connectivity index is 2.58. The fourth-order valence-electron chi connectivity index (χ4n) is 1.82. The lowest BCUT2D eigenvalue weighted by molar-refractivity contribution is -0.155. The lowest BCUT2D eigenvalue weighted by Gasteiger charge is -2.18. The Labute approximate surface area is 105 Å². The van der Waals surface area contributed by atoms with Crippen LogP contribution in [-0.2, 0) is 23.8 Å². The molecule has 1 saturated heterocycles. The molecular formula is C11H18O7. The molecule has 2 N–H and O–H groups in total. The molecule has 1 aliphatic heterocycles. The molecule has 0 aromatic heterocycles. The van der Waals surface area contributed by atoms with Crippen LogP contribution in [0.3, 0.4) is 0 Å². The molecule has 7 nitrogen and oxygen atoms in total. The van der Waals surface area contributed by atoms with E-state index in [0.29, 0.717) is 0 Å². The van der Waals surface area contributed by atoms with Crippen molar-refractivity contribution in [1.29, 1.82) is 0 Å². The molecule has 4 atom stereocenters. The zero-order valence-corrected chi connectivity index (χ0v) is 10.4. The molecule has 0 bridgehead atoms. The summed E-state index contributed by atoms with van der Waals surface area (Å²) in [6.07, 6.45) is -3.40. The van der Waals surface area contributed by atoms with Gasteiger partial charge in [0.05, 0.1) is 13.0 Å². The molecule has 0 radical (unpaired) electrons. The van der Waals surface area contributed by atoms with Gasteiger partial charge in [-0.05, 0) is 6.92 Å². The van der Waals surface area contributed by atoms with Gasteiger partial charge in [-0.25, -0.2) is 0 Å². The van der Waals surface area contributed by atoms with Crippen LogP contribution in [0.5, 0.6) is 0 Å². The highest BCUT2D eigenvalue weighted by Crippen LogP contribution is 2.29. The first-order valence-electron chi connectivity index (χ1n) is 5.76. The summed E-state index contributed by atoms with van der Waals surface area (Å²) in [6.45, 7) is 3.03. The Morgan fingerprint density at radius 2 is 1.94 bits per heavy atom. The first kappa shape index (κ1) is 14.9. The molecule has 1 rings (SSSR count). The summed E-state index contributed by atoms with van der Waals surface area (Å²) < 4.78 is 14.6. The van der Waals surface area contributed by atoms with E-state index < -0.39 is 36.4 Å². The number of aliphatic hydroxyl groups excluding tert-OH is 2. The molecule has 0 spiro atoms. The summed E-state index contributed by atoms with van der Waals surface area (Å²) in [5.74, 6) is -1.64. The minimum atomic E-state index is -1.38. The Bertz CT molecular complexity index is 304. The van der Waals surface area contributed by atoms with E-state index in [4.69, 9.17) is 14.2 Å². The van der Waals surface area contributed by atoms with E-state index in [1.807, 2.05) is 0 Å². The van der Waals surface area contributed by atoms with Crippen LogP contribution in [0.15, 0.2) is 0 Å². The van der Waals surface area contributed by atoms with Crippen LogP contribution < -0.4 is 0 Å². The van der Waals surface area contributed by atoms with Gasteiger partial charge in [-0.2, -0.15) is 0 Å². The van der Waals surface area contributed by atoms with Crippen molar-refractivity contribution in [2.45, 2.75) is 38.8 Å². The lowest BCUT2D eigenvalue weighted by Crippen LogP contribution is -2.32. The highest BCUT2D eigenvalue weighted by atomic mass is 16.6. The van der Waals surface area contributed by atoms with Crippen molar-refractivity contribution < 1.29 is 34.0 Å². The molecule has 1 aliphatic rings. The van der Waals surface area contributed by atoms with E-state index in [9.17, 15) is 19.8 Å². The highest BCUT2D eigenvalue weighted by Gasteiger charge is 2.44. The van der Waals surface area contributed by atoms with Gasteiger partial charge in [0.25, 0.3) is 0 Å². The molecule has 0 saturated carbocycles. The number of esters is 2. The maximum absolute atomic E-state index is 11.4. The molecule has 18 heavy (non-hydrogen) atoms. The number of aliphatic hydroxyl groups is 2. The fourth-order valence-corrected chi connectivity index (χ4v) is 1.82. The van der Waals surface area contributed by atoms with Crippen LogP contribution in [0.1, 0.15) is 20.3 Å². The van der Waals surface area contributed by atoms with Gasteiger partial charge < -0.3 is 24.4 Å². The third-order valence-corrected chi connectivity index (χ3v) is 2.68. The minimum absolute atomic E-state index is 0.0992. The maximum atomic E-state index is 11.4. The smallest absolute Gasteiger partial charge is 0.306 e. The summed E-state index contributed by atoms with van der Waals surface area (Å²) >= 11 is 0. The summed E-state index contributed by atoms with van der Waals surface area (Å²) in [7, 11) is 0. The van der Waals surface area contributed by atoms with Gasteiger partial charge in [0.15, 0.2) is 6.29 Å². The van der Waals surface area contributed by atoms with E-state index >= 15 is 0 Å². The zero-order valence-electron chi connectivity index (χ0n) is 10.4. The third kappa shape index (κ3) is 3.94. The molecule has 0 aromatic carbocycles. The van der Waals surface area contributed by atoms with Gasteiger partial charge in [0, 0.05) is 12.8 Å². The van der Waals surface area contributed by atoms with Gasteiger partial charge in [-0.3, -0.25) is 9.59 Å². The van der Waals surface area contributed by atoms with Crippen molar-refractivity contribution in [3.05, 3.63) is 0 Å². The van der Waals surface area contributed by atoms with Gasteiger partial charge >= 0.3 is 11.9 Å². The van der Waals surface area contributed by atoms with Crippen LogP contribution in [0, 0.1) is 5.92 Å². The molecule has 1 heterocycles. The molecule has 1 unspecified atom stereocenters. The summed E-state index contributed by atoms with van der Waals surface area (Å²) in [4.78, 5) is 22.1. The standard InChI is InChI=1S/C11H18O7/c1-3-16-9(13)4-7-8(5-17-6(2)12)18-11(15)10(7)14/h7-8,10-11,14-15H,3-5H2,1-2H3/t7-,8-,10-,11?/m1/s1. The highest BCUT2D eigenvalue weighted by molar-refractivity contribution is 5.70. The number of ether oxygens (including phenoxy) is 3. The first-order chi connectivity index (χ1) is 8.45. The number of carbonyl (C=O) groups is 2. The third-order valence-electron chi connectivity index (χ3n) is 2.68. The quantitative estimate of drug-likeness (QED) is 0.625. The van der Waals surface area contributed by atoms with E-state index in [1.165, 1.54) is 6.92 Å². The van der Waals surface area contributed by atoms with Crippen molar-refractivity contribution in [3.63, 3.8) is 0 Å². The van der Waals surface area contributed by atoms with Gasteiger partial charge in [0.1, 0.15) is 18.8 Å². The second kappa shape index (κ2) is 6.67. The number of carbonyl (C=O) groups excluding carboxylic acids is 2. The summed E-state index contributed by atoms with van der Waals surface area (Å²) in [6, 6.07) is 0. The van der Waals surface area contributed by atoms with E-state index in [-0.39, 0.29) is 19.6 Å². The zero-order chi connectivity index (χ0) is 13.7. The Kier molecular flexibility index (Phi) is 5.52. The van der Waals surface area contributed by atoms with Crippen LogP contribution in [0.2, 0.25) is 0 Å². The number of rotatable bonds is 5. The monoisotopic (exact) mass is 262 g/mol. The second-order valence-corrected chi connectivity index (χ2v) is 4.03. The average molecular weight is 262 g/mol. The Hall–Kier alpha value is -1.18. The summed E-state index contributed by atoms with van der Waals surface area (Å²) in [5, 5.41) is 19.1. The van der Waals surface area contributed by atoms with Crippen LogP contribution in [0.4, 0.5) is 0 Å². The van der Waals surface area contributed by atoms with E-state index in [1.54, 1.807) is 6.92 Å². The van der Waals surface area contributed by atoms with Crippen molar-refractivity contribution in [3.8, 4) is 0 Å². The maximum Gasteiger partial charge on any atom is 0.306 e. The normalized spacial score (nSPS) is 31.1. The average Bonchev–Trinajstić information content (AvgIpc) is 2.54. The molecule has 0 amide bonds. The van der Waals surface area contributed by atoms with Crippen molar-refractivity contribution in [2.24, 2.45) is 5.92 Å². The molecule has 1 fully saturated rings. The molecule has 0 aliphatic carbocycles. The Morgan fingerprint density at radius 1 is 1.28 bits per heavy atom. The Morgan fingerprint density at radius 3 is 2.50 bits per heavy atom.